The van der Waals surface area contributed by atoms with E-state index in [1.165, 1.54) is 7.11 Å². The molecule has 1 atom stereocenters. The Labute approximate surface area is 102 Å². The molecule has 7 heteroatoms. The van der Waals surface area contributed by atoms with Gasteiger partial charge in [0.25, 0.3) is 5.92 Å². The highest BCUT2D eigenvalue weighted by atomic mass is 35.5. The maximum absolute atomic E-state index is 13.2. The Morgan fingerprint density at radius 2 is 2.12 bits per heavy atom. The van der Waals surface area contributed by atoms with Crippen LogP contribution in [0.4, 0.5) is 8.78 Å². The molecule has 0 aliphatic carbocycles. The molecule has 17 heavy (non-hydrogen) atoms. The Bertz CT molecular complexity index is 415. The lowest BCUT2D eigenvalue weighted by Crippen LogP contribution is -2.36. The van der Waals surface area contributed by atoms with Gasteiger partial charge in [-0.15, -0.1) is 0 Å². The van der Waals surface area contributed by atoms with Crippen molar-refractivity contribution in [2.45, 2.75) is 12.0 Å². The predicted molar refractivity (Wildman–Crippen MR) is 58.6 cm³/mol. The van der Waals surface area contributed by atoms with Crippen LogP contribution >= 0.6 is 11.6 Å². The van der Waals surface area contributed by atoms with Crippen LogP contribution in [0.25, 0.3) is 0 Å². The van der Waals surface area contributed by atoms with Crippen molar-refractivity contribution in [1.29, 1.82) is 0 Å². The molecular weight excluding hydrogens is 256 g/mol. The molecule has 1 rings (SSSR count). The van der Waals surface area contributed by atoms with E-state index in [9.17, 15) is 13.9 Å². The number of hydrogen-bond acceptors (Lipinski definition) is 4. The monoisotopic (exact) mass is 267 g/mol. The zero-order valence-corrected chi connectivity index (χ0v) is 9.71. The Morgan fingerprint density at radius 1 is 1.53 bits per heavy atom. The number of aliphatic hydroxyl groups excluding tert-OH is 1. The van der Waals surface area contributed by atoms with Crippen molar-refractivity contribution >= 4 is 11.6 Å². The van der Waals surface area contributed by atoms with Crippen molar-refractivity contribution in [3.8, 4) is 11.5 Å². The van der Waals surface area contributed by atoms with Gasteiger partial charge in [-0.05, 0) is 17.7 Å². The average molecular weight is 268 g/mol. The normalized spacial score (nSPS) is 13.5. The summed E-state index contributed by atoms with van der Waals surface area (Å²) >= 11 is 5.64. The van der Waals surface area contributed by atoms with E-state index in [0.717, 1.165) is 12.1 Å². The van der Waals surface area contributed by atoms with E-state index in [0.29, 0.717) is 0 Å². The van der Waals surface area contributed by atoms with Gasteiger partial charge in [-0.25, -0.2) is 8.78 Å². The van der Waals surface area contributed by atoms with E-state index in [2.05, 4.69) is 0 Å². The van der Waals surface area contributed by atoms with E-state index < -0.39 is 18.6 Å². The average Bonchev–Trinajstić information content (AvgIpc) is 2.31. The highest BCUT2D eigenvalue weighted by molar-refractivity contribution is 6.32. The number of aliphatic hydroxyl groups is 1. The number of rotatable bonds is 4. The smallest absolute Gasteiger partial charge is 0.289 e. The zero-order chi connectivity index (χ0) is 13.2. The van der Waals surface area contributed by atoms with Crippen LogP contribution in [0, 0.1) is 0 Å². The minimum atomic E-state index is -3.48. The van der Waals surface area contributed by atoms with Gasteiger partial charge in [0, 0.05) is 0 Å². The van der Waals surface area contributed by atoms with Gasteiger partial charge in [0.05, 0.1) is 18.2 Å². The number of methoxy groups -OCH3 is 1. The molecule has 4 N–H and O–H groups in total. The van der Waals surface area contributed by atoms with Crippen LogP contribution in [-0.2, 0) is 0 Å². The van der Waals surface area contributed by atoms with E-state index in [-0.39, 0.29) is 22.1 Å². The standard InChI is InChI=1S/C10H12ClF2NO3/c1-17-7-3-5(2-6(11)8(7)16)9(14)10(12,13)4-15/h2-3,9,15-16H,4,14H2,1H3/t9-/m0/s1. The maximum Gasteiger partial charge on any atom is 0.289 e. The van der Waals surface area contributed by atoms with Crippen molar-refractivity contribution in [2.75, 3.05) is 13.7 Å². The number of hydrogen-bond donors (Lipinski definition) is 3. The van der Waals surface area contributed by atoms with E-state index in [1.807, 2.05) is 0 Å². The Kier molecular flexibility index (Phi) is 4.13. The molecule has 0 aromatic heterocycles. The largest absolute Gasteiger partial charge is 0.503 e. The molecule has 1 aromatic carbocycles. The van der Waals surface area contributed by atoms with Crippen LogP contribution in [0.5, 0.6) is 11.5 Å². The second-order valence-electron chi connectivity index (χ2n) is 3.45. The van der Waals surface area contributed by atoms with Crippen LogP contribution in [-0.4, -0.2) is 29.9 Å². The fourth-order valence-electron chi connectivity index (χ4n) is 1.27. The first kappa shape index (κ1) is 14.0. The van der Waals surface area contributed by atoms with Gasteiger partial charge in [0.1, 0.15) is 6.61 Å². The third kappa shape index (κ3) is 2.77. The quantitative estimate of drug-likeness (QED) is 0.776. The van der Waals surface area contributed by atoms with Crippen molar-refractivity contribution in [3.63, 3.8) is 0 Å². The first-order valence-corrected chi connectivity index (χ1v) is 5.02. The Morgan fingerprint density at radius 3 is 2.59 bits per heavy atom. The highest BCUT2D eigenvalue weighted by Crippen LogP contribution is 2.39. The summed E-state index contributed by atoms with van der Waals surface area (Å²) in [5, 5.41) is 17.8. The van der Waals surface area contributed by atoms with Gasteiger partial charge in [-0.3, -0.25) is 0 Å². The first-order chi connectivity index (χ1) is 7.83. The van der Waals surface area contributed by atoms with Gasteiger partial charge < -0.3 is 20.7 Å². The number of ether oxygens (including phenoxy) is 1. The molecule has 0 spiro atoms. The highest BCUT2D eigenvalue weighted by Gasteiger charge is 2.38. The lowest BCUT2D eigenvalue weighted by Gasteiger charge is -2.22. The second-order valence-corrected chi connectivity index (χ2v) is 3.86. The van der Waals surface area contributed by atoms with Crippen LogP contribution in [0.1, 0.15) is 11.6 Å². The molecule has 0 amide bonds. The molecule has 0 unspecified atom stereocenters. The Balaban J connectivity index is 3.20. The van der Waals surface area contributed by atoms with Crippen LogP contribution in [0.15, 0.2) is 12.1 Å². The van der Waals surface area contributed by atoms with Crippen LogP contribution in [0.2, 0.25) is 5.02 Å². The molecule has 0 aliphatic rings. The lowest BCUT2D eigenvalue weighted by atomic mass is 10.0. The molecule has 0 aliphatic heterocycles. The number of phenolic OH excluding ortho intramolecular Hbond substituents is 1. The summed E-state index contributed by atoms with van der Waals surface area (Å²) in [6.45, 7) is -1.38. The number of halogens is 3. The van der Waals surface area contributed by atoms with Crippen molar-refractivity contribution in [1.82, 2.24) is 0 Å². The first-order valence-electron chi connectivity index (χ1n) is 4.64. The Hall–Kier alpha value is -1.11. The topological polar surface area (TPSA) is 75.7 Å². The van der Waals surface area contributed by atoms with E-state index in [4.69, 9.17) is 27.2 Å². The number of nitrogens with two attached hydrogens (primary N) is 1. The van der Waals surface area contributed by atoms with Gasteiger partial charge in [-0.1, -0.05) is 11.6 Å². The maximum atomic E-state index is 13.2. The molecule has 96 valence electrons. The molecule has 0 radical (unpaired) electrons. The minimum Gasteiger partial charge on any atom is -0.503 e. The number of benzene rings is 1. The molecule has 0 fully saturated rings. The van der Waals surface area contributed by atoms with Crippen molar-refractivity contribution in [2.24, 2.45) is 5.73 Å². The number of phenols is 1. The molecule has 0 saturated heterocycles. The van der Waals surface area contributed by atoms with Crippen LogP contribution < -0.4 is 10.5 Å². The van der Waals surface area contributed by atoms with Crippen molar-refractivity contribution < 1.29 is 23.7 Å². The SMILES string of the molecule is COc1cc([C@H](N)C(F)(F)CO)cc(Cl)c1O. The zero-order valence-electron chi connectivity index (χ0n) is 8.95. The third-order valence-electron chi connectivity index (χ3n) is 2.30. The fraction of sp³-hybridized carbons (Fsp3) is 0.400. The minimum absolute atomic E-state index is 0.0382. The van der Waals surface area contributed by atoms with Gasteiger partial charge in [0.15, 0.2) is 11.5 Å². The molecule has 1 aromatic rings. The summed E-state index contributed by atoms with van der Waals surface area (Å²) in [6, 6.07) is 0.516. The third-order valence-corrected chi connectivity index (χ3v) is 2.58. The van der Waals surface area contributed by atoms with Gasteiger partial charge in [0.2, 0.25) is 0 Å². The fourth-order valence-corrected chi connectivity index (χ4v) is 1.49. The summed E-state index contributed by atoms with van der Waals surface area (Å²) in [7, 11) is 1.25. The molecular formula is C10H12ClF2NO3. The molecule has 0 saturated carbocycles. The summed E-state index contributed by atoms with van der Waals surface area (Å²) in [5.74, 6) is -3.89. The second kappa shape index (κ2) is 5.03. The summed E-state index contributed by atoms with van der Waals surface area (Å²) in [4.78, 5) is 0. The van der Waals surface area contributed by atoms with Crippen LogP contribution in [0.3, 0.4) is 0 Å². The predicted octanol–water partition coefficient (Wildman–Crippen LogP) is 1.68. The van der Waals surface area contributed by atoms with Gasteiger partial charge in [-0.2, -0.15) is 0 Å². The van der Waals surface area contributed by atoms with E-state index in [1.54, 1.807) is 0 Å². The number of aromatic hydroxyl groups is 1. The summed E-state index contributed by atoms with van der Waals surface area (Å²) in [6.07, 6.45) is 0. The van der Waals surface area contributed by atoms with Crippen molar-refractivity contribution in [3.05, 3.63) is 22.7 Å². The number of alkyl halides is 2. The molecule has 0 heterocycles. The molecule has 4 nitrogen and oxygen atoms in total. The lowest BCUT2D eigenvalue weighted by molar-refractivity contribution is -0.0712. The van der Waals surface area contributed by atoms with Gasteiger partial charge >= 0.3 is 0 Å². The summed E-state index contributed by atoms with van der Waals surface area (Å²) < 4.78 is 31.1. The summed E-state index contributed by atoms with van der Waals surface area (Å²) in [5.41, 5.74) is 5.28. The van der Waals surface area contributed by atoms with E-state index >= 15 is 0 Å². The molecule has 0 bridgehead atoms.